The van der Waals surface area contributed by atoms with Gasteiger partial charge in [0, 0.05) is 6.04 Å². The summed E-state index contributed by atoms with van der Waals surface area (Å²) in [5.41, 5.74) is 5.04. The molecule has 1 aliphatic rings. The molecular formula is C14H17F4N. The van der Waals surface area contributed by atoms with Crippen LogP contribution in [0.25, 0.3) is 0 Å². The predicted molar refractivity (Wildman–Crippen MR) is 64.9 cm³/mol. The van der Waals surface area contributed by atoms with Crippen molar-refractivity contribution in [2.75, 3.05) is 0 Å². The third-order valence-corrected chi connectivity index (χ3v) is 3.84. The summed E-state index contributed by atoms with van der Waals surface area (Å²) >= 11 is 0. The summed E-state index contributed by atoms with van der Waals surface area (Å²) in [5, 5.41) is 0. The summed E-state index contributed by atoms with van der Waals surface area (Å²) in [7, 11) is 0. The Kier molecular flexibility index (Phi) is 4.13. The Morgan fingerprint density at radius 2 is 1.74 bits per heavy atom. The molecule has 19 heavy (non-hydrogen) atoms. The Hall–Kier alpha value is -1.10. The van der Waals surface area contributed by atoms with Crippen molar-refractivity contribution in [2.24, 2.45) is 11.7 Å². The fourth-order valence-electron chi connectivity index (χ4n) is 2.81. The van der Waals surface area contributed by atoms with Crippen LogP contribution in [0.1, 0.15) is 49.3 Å². The summed E-state index contributed by atoms with van der Waals surface area (Å²) in [6.07, 6.45) is 0.196. The maximum atomic E-state index is 13.2. The topological polar surface area (TPSA) is 26.0 Å². The minimum atomic E-state index is -4.49. The zero-order chi connectivity index (χ0) is 14.0. The van der Waals surface area contributed by atoms with Crippen molar-refractivity contribution < 1.29 is 17.6 Å². The van der Waals surface area contributed by atoms with Gasteiger partial charge in [0.05, 0.1) is 5.56 Å². The van der Waals surface area contributed by atoms with E-state index in [0.29, 0.717) is 0 Å². The Morgan fingerprint density at radius 1 is 1.11 bits per heavy atom. The zero-order valence-electron chi connectivity index (χ0n) is 10.5. The molecule has 2 rings (SSSR count). The van der Waals surface area contributed by atoms with Crippen LogP contribution in [0.2, 0.25) is 0 Å². The zero-order valence-corrected chi connectivity index (χ0v) is 10.5. The van der Waals surface area contributed by atoms with E-state index in [-0.39, 0.29) is 11.5 Å². The molecule has 0 amide bonds. The first-order valence-electron chi connectivity index (χ1n) is 6.52. The van der Waals surface area contributed by atoms with Gasteiger partial charge < -0.3 is 5.73 Å². The molecule has 0 spiro atoms. The lowest BCUT2D eigenvalue weighted by Crippen LogP contribution is -2.26. The molecule has 5 heteroatoms. The van der Waals surface area contributed by atoms with Crippen molar-refractivity contribution in [1.82, 2.24) is 0 Å². The monoisotopic (exact) mass is 275 g/mol. The average molecular weight is 275 g/mol. The van der Waals surface area contributed by atoms with Gasteiger partial charge in [0.1, 0.15) is 5.82 Å². The van der Waals surface area contributed by atoms with Crippen LogP contribution in [-0.2, 0) is 6.18 Å². The van der Waals surface area contributed by atoms with Crippen LogP contribution < -0.4 is 5.73 Å². The van der Waals surface area contributed by atoms with Crippen LogP contribution in [0.15, 0.2) is 18.2 Å². The van der Waals surface area contributed by atoms with Crippen LogP contribution in [0, 0.1) is 11.7 Å². The predicted octanol–water partition coefficient (Wildman–Crippen LogP) is 4.42. The molecule has 0 aromatic heterocycles. The molecule has 1 aromatic carbocycles. The Bertz CT molecular complexity index is 436. The van der Waals surface area contributed by atoms with Gasteiger partial charge in [-0.05, 0) is 42.5 Å². The van der Waals surface area contributed by atoms with E-state index >= 15 is 0 Å². The second kappa shape index (κ2) is 5.49. The molecule has 0 heterocycles. The van der Waals surface area contributed by atoms with Gasteiger partial charge in [0.2, 0.25) is 0 Å². The summed E-state index contributed by atoms with van der Waals surface area (Å²) in [6, 6.07) is 1.81. The highest BCUT2D eigenvalue weighted by molar-refractivity contribution is 5.33. The van der Waals surface area contributed by atoms with E-state index in [1.165, 1.54) is 0 Å². The molecule has 106 valence electrons. The molecule has 1 aromatic rings. The van der Waals surface area contributed by atoms with E-state index in [1.54, 1.807) is 0 Å². The molecule has 0 bridgehead atoms. The van der Waals surface area contributed by atoms with Crippen molar-refractivity contribution in [3.05, 3.63) is 35.1 Å². The largest absolute Gasteiger partial charge is 0.416 e. The number of alkyl halides is 3. The van der Waals surface area contributed by atoms with Gasteiger partial charge in [0.15, 0.2) is 0 Å². The summed E-state index contributed by atoms with van der Waals surface area (Å²) in [6.45, 7) is 0. The lowest BCUT2D eigenvalue weighted by atomic mass is 9.80. The number of halogens is 4. The smallest absolute Gasteiger partial charge is 0.324 e. The molecule has 0 aliphatic heterocycles. The van der Waals surface area contributed by atoms with Crippen molar-refractivity contribution in [1.29, 1.82) is 0 Å². The molecular weight excluding hydrogens is 258 g/mol. The first kappa shape index (κ1) is 14.3. The minimum Gasteiger partial charge on any atom is -0.324 e. The fourth-order valence-corrected chi connectivity index (χ4v) is 2.81. The maximum Gasteiger partial charge on any atom is 0.416 e. The number of benzene rings is 1. The van der Waals surface area contributed by atoms with Gasteiger partial charge in [-0.15, -0.1) is 0 Å². The molecule has 1 aliphatic carbocycles. The van der Waals surface area contributed by atoms with Crippen molar-refractivity contribution in [3.63, 3.8) is 0 Å². The average Bonchev–Trinajstić information content (AvgIpc) is 2.37. The molecule has 1 fully saturated rings. The van der Waals surface area contributed by atoms with Gasteiger partial charge in [-0.25, -0.2) is 4.39 Å². The lowest BCUT2D eigenvalue weighted by Gasteiger charge is -2.29. The third-order valence-electron chi connectivity index (χ3n) is 3.84. The lowest BCUT2D eigenvalue weighted by molar-refractivity contribution is -0.138. The fraction of sp³-hybridized carbons (Fsp3) is 0.571. The summed E-state index contributed by atoms with van der Waals surface area (Å²) in [4.78, 5) is 0. The molecule has 1 nitrogen and oxygen atoms in total. The van der Waals surface area contributed by atoms with E-state index in [0.717, 1.165) is 50.3 Å². The van der Waals surface area contributed by atoms with Crippen LogP contribution in [0.4, 0.5) is 17.6 Å². The minimum absolute atomic E-state index is 0.0108. The van der Waals surface area contributed by atoms with E-state index in [2.05, 4.69) is 0 Å². The maximum absolute atomic E-state index is 13.2. The SMILES string of the molecule is NC(c1cc(F)ccc1C(F)(F)F)C1CCCCC1. The normalized spacial score (nSPS) is 19.4. The van der Waals surface area contributed by atoms with Crippen LogP contribution >= 0.6 is 0 Å². The summed E-state index contributed by atoms with van der Waals surface area (Å²) < 4.78 is 52.0. The van der Waals surface area contributed by atoms with E-state index < -0.39 is 23.6 Å². The van der Waals surface area contributed by atoms with Gasteiger partial charge in [-0.1, -0.05) is 19.3 Å². The van der Waals surface area contributed by atoms with E-state index in [4.69, 9.17) is 5.73 Å². The van der Waals surface area contributed by atoms with Crippen molar-refractivity contribution in [2.45, 2.75) is 44.3 Å². The second-order valence-corrected chi connectivity index (χ2v) is 5.15. The first-order valence-corrected chi connectivity index (χ1v) is 6.52. The van der Waals surface area contributed by atoms with Crippen molar-refractivity contribution >= 4 is 0 Å². The number of nitrogens with two attached hydrogens (primary N) is 1. The Morgan fingerprint density at radius 3 is 2.32 bits per heavy atom. The van der Waals surface area contributed by atoms with Crippen LogP contribution in [-0.4, -0.2) is 0 Å². The molecule has 1 unspecified atom stereocenters. The molecule has 0 radical (unpaired) electrons. The van der Waals surface area contributed by atoms with Gasteiger partial charge in [-0.3, -0.25) is 0 Å². The highest BCUT2D eigenvalue weighted by atomic mass is 19.4. The van der Waals surface area contributed by atoms with Crippen LogP contribution in [0.3, 0.4) is 0 Å². The molecule has 1 saturated carbocycles. The van der Waals surface area contributed by atoms with Crippen molar-refractivity contribution in [3.8, 4) is 0 Å². The van der Waals surface area contributed by atoms with Gasteiger partial charge in [-0.2, -0.15) is 13.2 Å². The number of hydrogen-bond donors (Lipinski definition) is 1. The quantitative estimate of drug-likeness (QED) is 0.794. The number of rotatable bonds is 2. The summed E-state index contributed by atoms with van der Waals surface area (Å²) in [5.74, 6) is -0.661. The van der Waals surface area contributed by atoms with Crippen LogP contribution in [0.5, 0.6) is 0 Å². The molecule has 0 saturated heterocycles. The standard InChI is InChI=1S/C14H17F4N/c15-10-6-7-12(14(16,17)18)11(8-10)13(19)9-4-2-1-3-5-9/h6-9,13H,1-5,19H2. The highest BCUT2D eigenvalue weighted by Gasteiger charge is 2.36. The van der Waals surface area contributed by atoms with Gasteiger partial charge >= 0.3 is 6.18 Å². The van der Waals surface area contributed by atoms with E-state index in [1.807, 2.05) is 0 Å². The molecule has 2 N–H and O–H groups in total. The Labute approximate surface area is 109 Å². The van der Waals surface area contributed by atoms with E-state index in [9.17, 15) is 17.6 Å². The number of hydrogen-bond acceptors (Lipinski definition) is 1. The molecule has 1 atom stereocenters. The third kappa shape index (κ3) is 3.26. The first-order chi connectivity index (χ1) is 8.89. The highest BCUT2D eigenvalue weighted by Crippen LogP contribution is 2.39. The van der Waals surface area contributed by atoms with Gasteiger partial charge in [0.25, 0.3) is 0 Å². The Balaban J connectivity index is 2.33. The second-order valence-electron chi connectivity index (χ2n) is 5.15.